The molecular formula is C21H30N2O3. The lowest BCUT2D eigenvalue weighted by molar-refractivity contribution is -0.130. The van der Waals surface area contributed by atoms with Gasteiger partial charge in [0, 0.05) is 44.6 Å². The quantitative estimate of drug-likeness (QED) is 0.833. The molecule has 5 heteroatoms. The zero-order valence-electron chi connectivity index (χ0n) is 15.7. The molecule has 3 atom stereocenters. The summed E-state index contributed by atoms with van der Waals surface area (Å²) in [4.78, 5) is 16.7. The number of likely N-dealkylation sites (tertiary alicyclic amines) is 1. The summed E-state index contributed by atoms with van der Waals surface area (Å²) in [5.74, 6) is 2.23. The Morgan fingerprint density at radius 2 is 2.12 bits per heavy atom. The molecular weight excluding hydrogens is 328 g/mol. The number of ether oxygens (including phenoxy) is 2. The molecule has 0 radical (unpaired) electrons. The smallest absolute Gasteiger partial charge is 0.219 e. The number of carbonyl (C=O) groups excluding carboxylic acids is 1. The summed E-state index contributed by atoms with van der Waals surface area (Å²) in [5.41, 5.74) is 1.11. The highest BCUT2D eigenvalue weighted by atomic mass is 16.5. The molecule has 3 aliphatic heterocycles. The number of carbonyl (C=O) groups is 1. The van der Waals surface area contributed by atoms with Crippen LogP contribution in [0.5, 0.6) is 5.75 Å². The molecule has 0 bridgehead atoms. The summed E-state index contributed by atoms with van der Waals surface area (Å²) in [5, 5.41) is 0. The Kier molecular flexibility index (Phi) is 5.46. The lowest BCUT2D eigenvalue weighted by Crippen LogP contribution is -2.47. The van der Waals surface area contributed by atoms with E-state index >= 15 is 0 Å². The van der Waals surface area contributed by atoms with Crippen LogP contribution in [-0.2, 0) is 16.1 Å². The minimum absolute atomic E-state index is 0.0742. The maximum atomic E-state index is 12.1. The number of amides is 1. The van der Waals surface area contributed by atoms with Gasteiger partial charge in [-0.25, -0.2) is 0 Å². The van der Waals surface area contributed by atoms with Crippen LogP contribution in [0.15, 0.2) is 24.3 Å². The minimum atomic E-state index is 0.0742. The van der Waals surface area contributed by atoms with Crippen LogP contribution < -0.4 is 4.74 Å². The Balaban J connectivity index is 1.47. The first-order valence-corrected chi connectivity index (χ1v) is 9.99. The molecule has 26 heavy (non-hydrogen) atoms. The molecule has 0 N–H and O–H groups in total. The number of rotatable bonds is 3. The molecule has 142 valence electrons. The van der Waals surface area contributed by atoms with Gasteiger partial charge in [-0.3, -0.25) is 4.79 Å². The molecule has 4 rings (SSSR count). The highest BCUT2D eigenvalue weighted by Gasteiger charge is 2.34. The van der Waals surface area contributed by atoms with Gasteiger partial charge in [-0.2, -0.15) is 0 Å². The molecule has 2 saturated heterocycles. The van der Waals surface area contributed by atoms with E-state index in [1.54, 1.807) is 6.92 Å². The summed E-state index contributed by atoms with van der Waals surface area (Å²) < 4.78 is 12.0. The average Bonchev–Trinajstić information content (AvgIpc) is 3.06. The largest absolute Gasteiger partial charge is 0.488 e. The third-order valence-electron chi connectivity index (χ3n) is 6.07. The fourth-order valence-electron chi connectivity index (χ4n) is 4.58. The fourth-order valence-corrected chi connectivity index (χ4v) is 4.58. The summed E-state index contributed by atoms with van der Waals surface area (Å²) >= 11 is 0. The molecule has 0 aliphatic carbocycles. The van der Waals surface area contributed by atoms with Crippen molar-refractivity contribution in [3.05, 3.63) is 29.8 Å². The summed E-state index contributed by atoms with van der Waals surface area (Å²) in [7, 11) is 0. The second-order valence-electron chi connectivity index (χ2n) is 8.06. The zero-order chi connectivity index (χ0) is 17.9. The third-order valence-corrected chi connectivity index (χ3v) is 6.07. The average molecular weight is 358 g/mol. The molecule has 0 unspecified atom stereocenters. The van der Waals surface area contributed by atoms with Gasteiger partial charge in [0.05, 0.1) is 13.2 Å². The molecule has 3 aliphatic rings. The van der Waals surface area contributed by atoms with Gasteiger partial charge in [-0.15, -0.1) is 0 Å². The Morgan fingerprint density at radius 3 is 2.92 bits per heavy atom. The van der Waals surface area contributed by atoms with E-state index in [9.17, 15) is 4.79 Å². The topological polar surface area (TPSA) is 42.0 Å². The van der Waals surface area contributed by atoms with Crippen LogP contribution in [0, 0.1) is 11.8 Å². The van der Waals surface area contributed by atoms with Gasteiger partial charge in [-0.1, -0.05) is 18.2 Å². The van der Waals surface area contributed by atoms with E-state index in [1.807, 2.05) is 23.1 Å². The van der Waals surface area contributed by atoms with Crippen molar-refractivity contribution in [2.24, 2.45) is 11.8 Å². The zero-order valence-corrected chi connectivity index (χ0v) is 15.7. The number of hydrogen-bond donors (Lipinski definition) is 0. The molecule has 1 amide bonds. The van der Waals surface area contributed by atoms with Crippen LogP contribution in [-0.4, -0.2) is 61.2 Å². The summed E-state index contributed by atoms with van der Waals surface area (Å²) in [6.07, 6.45) is 3.65. The van der Waals surface area contributed by atoms with Crippen molar-refractivity contribution in [1.82, 2.24) is 9.80 Å². The van der Waals surface area contributed by atoms with E-state index in [0.29, 0.717) is 24.9 Å². The van der Waals surface area contributed by atoms with Crippen LogP contribution in [0.3, 0.4) is 0 Å². The first kappa shape index (κ1) is 17.8. The molecule has 0 saturated carbocycles. The van der Waals surface area contributed by atoms with Crippen LogP contribution in [0.25, 0.3) is 0 Å². The number of para-hydroxylation sites is 1. The van der Waals surface area contributed by atoms with Gasteiger partial charge in [0.15, 0.2) is 0 Å². The van der Waals surface area contributed by atoms with Crippen LogP contribution in [0.2, 0.25) is 0 Å². The first-order chi connectivity index (χ1) is 12.7. The Morgan fingerprint density at radius 1 is 1.23 bits per heavy atom. The van der Waals surface area contributed by atoms with Gasteiger partial charge in [0.1, 0.15) is 11.9 Å². The van der Waals surface area contributed by atoms with Crippen molar-refractivity contribution in [2.75, 3.05) is 39.4 Å². The Bertz CT molecular complexity index is 629. The predicted molar refractivity (Wildman–Crippen MR) is 100 cm³/mol. The standard InChI is InChI=1S/C21H30N2O3/c1-16(24)23-13-19-5-2-3-7-20(19)26-21(14-23)18-6-4-9-22(12-18)11-17-8-10-25-15-17/h2-3,5,7,17-18,21H,4,6,8-15H2,1H3/t17-,18+,21+/m0/s1. The van der Waals surface area contributed by atoms with Crippen LogP contribution in [0.4, 0.5) is 0 Å². The number of hydrogen-bond acceptors (Lipinski definition) is 4. The fraction of sp³-hybridized carbons (Fsp3) is 0.667. The highest BCUT2D eigenvalue weighted by Crippen LogP contribution is 2.31. The number of nitrogens with zero attached hydrogens (tertiary/aromatic N) is 2. The van der Waals surface area contributed by atoms with Gasteiger partial charge >= 0.3 is 0 Å². The molecule has 2 fully saturated rings. The van der Waals surface area contributed by atoms with Crippen molar-refractivity contribution >= 4 is 5.91 Å². The normalized spacial score (nSPS) is 29.7. The first-order valence-electron chi connectivity index (χ1n) is 9.99. The maximum Gasteiger partial charge on any atom is 0.219 e. The lowest BCUT2D eigenvalue weighted by atomic mass is 9.91. The van der Waals surface area contributed by atoms with Gasteiger partial charge < -0.3 is 19.3 Å². The van der Waals surface area contributed by atoms with Crippen molar-refractivity contribution in [3.8, 4) is 5.75 Å². The SMILES string of the molecule is CC(=O)N1Cc2ccccc2O[C@@H]([C@@H]2CCCN(C[C@@H]3CCOC3)C2)C1. The van der Waals surface area contributed by atoms with Crippen molar-refractivity contribution in [1.29, 1.82) is 0 Å². The second-order valence-corrected chi connectivity index (χ2v) is 8.06. The van der Waals surface area contributed by atoms with Crippen molar-refractivity contribution in [3.63, 3.8) is 0 Å². The Hall–Kier alpha value is -1.59. The van der Waals surface area contributed by atoms with E-state index in [-0.39, 0.29) is 12.0 Å². The maximum absolute atomic E-state index is 12.1. The molecule has 5 nitrogen and oxygen atoms in total. The van der Waals surface area contributed by atoms with Gasteiger partial charge in [0.25, 0.3) is 0 Å². The van der Waals surface area contributed by atoms with E-state index in [4.69, 9.17) is 9.47 Å². The minimum Gasteiger partial charge on any atom is -0.488 e. The molecule has 1 aromatic carbocycles. The van der Waals surface area contributed by atoms with Crippen LogP contribution >= 0.6 is 0 Å². The van der Waals surface area contributed by atoms with Gasteiger partial charge in [-0.05, 0) is 37.8 Å². The second kappa shape index (κ2) is 7.97. The summed E-state index contributed by atoms with van der Waals surface area (Å²) in [6, 6.07) is 8.16. The van der Waals surface area contributed by atoms with Crippen molar-refractivity contribution < 1.29 is 14.3 Å². The third kappa shape index (κ3) is 4.04. The summed E-state index contributed by atoms with van der Waals surface area (Å²) in [6.45, 7) is 8.20. The highest BCUT2D eigenvalue weighted by molar-refractivity contribution is 5.73. The number of fused-ring (bicyclic) bond motifs is 1. The molecule has 3 heterocycles. The monoisotopic (exact) mass is 358 g/mol. The van der Waals surface area contributed by atoms with E-state index in [2.05, 4.69) is 11.0 Å². The predicted octanol–water partition coefficient (Wildman–Crippen LogP) is 2.54. The molecule has 1 aromatic rings. The van der Waals surface area contributed by atoms with Crippen LogP contribution in [0.1, 0.15) is 31.7 Å². The number of piperidine rings is 1. The lowest BCUT2D eigenvalue weighted by Gasteiger charge is -2.38. The molecule has 0 aromatic heterocycles. The van der Waals surface area contributed by atoms with E-state index in [0.717, 1.165) is 37.6 Å². The van der Waals surface area contributed by atoms with E-state index < -0.39 is 0 Å². The van der Waals surface area contributed by atoms with E-state index in [1.165, 1.54) is 25.8 Å². The Labute approximate surface area is 156 Å². The van der Waals surface area contributed by atoms with Crippen molar-refractivity contribution in [2.45, 2.75) is 38.8 Å². The molecule has 0 spiro atoms. The van der Waals surface area contributed by atoms with Gasteiger partial charge in [0.2, 0.25) is 5.91 Å². The number of benzene rings is 1.